The molecule has 1 aliphatic rings. The van der Waals surface area contributed by atoms with Gasteiger partial charge in [0.1, 0.15) is 0 Å². The quantitative estimate of drug-likeness (QED) is 0.772. The Bertz CT molecular complexity index is 356. The summed E-state index contributed by atoms with van der Waals surface area (Å²) in [5, 5.41) is 10.8. The number of hydrogen-bond donors (Lipinski definition) is 1. The lowest BCUT2D eigenvalue weighted by Gasteiger charge is -2.23. The average Bonchev–Trinajstić information content (AvgIpc) is 2.71. The molecule has 2 heterocycles. The van der Waals surface area contributed by atoms with Gasteiger partial charge in [0.2, 0.25) is 0 Å². The fourth-order valence-electron chi connectivity index (χ4n) is 1.53. The van der Waals surface area contributed by atoms with Gasteiger partial charge in [-0.15, -0.1) is 11.3 Å². The van der Waals surface area contributed by atoms with Crippen molar-refractivity contribution >= 4 is 23.0 Å². The van der Waals surface area contributed by atoms with E-state index in [0.29, 0.717) is 13.1 Å². The minimum absolute atomic E-state index is 0.516. The summed E-state index contributed by atoms with van der Waals surface area (Å²) in [5.74, 6) is 0. The Kier molecular flexibility index (Phi) is 2.54. The zero-order chi connectivity index (χ0) is 9.97. The average molecular weight is 209 g/mol. The van der Waals surface area contributed by atoms with Gasteiger partial charge < -0.3 is 10.0 Å². The van der Waals surface area contributed by atoms with E-state index in [0.717, 1.165) is 6.42 Å². The van der Waals surface area contributed by atoms with Crippen LogP contribution < -0.4 is 0 Å². The molecular weight excluding hydrogens is 198 g/mol. The van der Waals surface area contributed by atoms with Crippen molar-refractivity contribution in [2.45, 2.75) is 6.42 Å². The number of carboxylic acid groups (broad SMARTS) is 1. The third-order valence-electron chi connectivity index (χ3n) is 2.32. The van der Waals surface area contributed by atoms with Crippen molar-refractivity contribution in [3.05, 3.63) is 28.5 Å². The van der Waals surface area contributed by atoms with E-state index in [2.05, 4.69) is 6.07 Å². The molecule has 0 fully saturated rings. The smallest absolute Gasteiger partial charge is 0.407 e. The van der Waals surface area contributed by atoms with E-state index in [9.17, 15) is 4.79 Å². The zero-order valence-corrected chi connectivity index (χ0v) is 8.46. The largest absolute Gasteiger partial charge is 0.465 e. The Balaban J connectivity index is 2.09. The van der Waals surface area contributed by atoms with Gasteiger partial charge in [-0.2, -0.15) is 0 Å². The standard InChI is InChI=1S/C10H11NO2S/c12-10(13)11-5-3-8(4-6-11)9-2-1-7-14-9/h1-3,7H,4-6H2,(H,12,13). The molecule has 1 aromatic rings. The first-order valence-electron chi connectivity index (χ1n) is 4.48. The second kappa shape index (κ2) is 3.84. The Morgan fingerprint density at radius 3 is 2.93 bits per heavy atom. The predicted molar refractivity (Wildman–Crippen MR) is 56.5 cm³/mol. The SMILES string of the molecule is O=C(O)N1CC=C(c2cccs2)CC1. The summed E-state index contributed by atoms with van der Waals surface area (Å²) in [6, 6.07) is 4.09. The van der Waals surface area contributed by atoms with Crippen molar-refractivity contribution in [3.63, 3.8) is 0 Å². The normalized spacial score (nSPS) is 16.6. The van der Waals surface area contributed by atoms with Crippen LogP contribution in [-0.4, -0.2) is 29.2 Å². The molecule has 4 heteroatoms. The van der Waals surface area contributed by atoms with Crippen LogP contribution in [0.5, 0.6) is 0 Å². The molecule has 2 rings (SSSR count). The van der Waals surface area contributed by atoms with Gasteiger partial charge in [0.05, 0.1) is 0 Å². The molecule has 1 aromatic heterocycles. The van der Waals surface area contributed by atoms with Crippen LogP contribution in [0.3, 0.4) is 0 Å². The summed E-state index contributed by atoms with van der Waals surface area (Å²) in [6.45, 7) is 1.13. The highest BCUT2D eigenvalue weighted by Gasteiger charge is 2.16. The van der Waals surface area contributed by atoms with Crippen molar-refractivity contribution in [3.8, 4) is 0 Å². The van der Waals surface area contributed by atoms with Gasteiger partial charge in [-0.05, 0) is 23.4 Å². The lowest BCUT2D eigenvalue weighted by atomic mass is 10.1. The number of nitrogens with zero attached hydrogens (tertiary/aromatic N) is 1. The minimum atomic E-state index is -0.827. The van der Waals surface area contributed by atoms with E-state index in [1.54, 1.807) is 11.3 Å². The van der Waals surface area contributed by atoms with Crippen LogP contribution in [0.15, 0.2) is 23.6 Å². The van der Waals surface area contributed by atoms with Gasteiger partial charge in [0.25, 0.3) is 0 Å². The molecule has 0 bridgehead atoms. The summed E-state index contributed by atoms with van der Waals surface area (Å²) < 4.78 is 0. The highest BCUT2D eigenvalue weighted by Crippen LogP contribution is 2.25. The van der Waals surface area contributed by atoms with Crippen LogP contribution >= 0.6 is 11.3 Å². The maximum Gasteiger partial charge on any atom is 0.407 e. The molecule has 0 saturated heterocycles. The molecule has 3 nitrogen and oxygen atoms in total. The molecule has 74 valence electrons. The second-order valence-corrected chi connectivity index (χ2v) is 4.13. The summed E-state index contributed by atoms with van der Waals surface area (Å²) in [4.78, 5) is 13.3. The number of thiophene rings is 1. The van der Waals surface area contributed by atoms with Crippen LogP contribution in [0.4, 0.5) is 4.79 Å². The molecular formula is C10H11NO2S. The van der Waals surface area contributed by atoms with Crippen molar-refractivity contribution < 1.29 is 9.90 Å². The van der Waals surface area contributed by atoms with E-state index >= 15 is 0 Å². The van der Waals surface area contributed by atoms with Crippen molar-refractivity contribution in [2.24, 2.45) is 0 Å². The first-order chi connectivity index (χ1) is 6.77. The monoisotopic (exact) mass is 209 g/mol. The summed E-state index contributed by atoms with van der Waals surface area (Å²) in [7, 11) is 0. The molecule has 0 radical (unpaired) electrons. The minimum Gasteiger partial charge on any atom is -0.465 e. The maximum absolute atomic E-state index is 10.6. The molecule has 0 aliphatic carbocycles. The Morgan fingerprint density at radius 1 is 1.57 bits per heavy atom. The first kappa shape index (κ1) is 9.27. The maximum atomic E-state index is 10.6. The van der Waals surface area contributed by atoms with E-state index < -0.39 is 6.09 Å². The lowest BCUT2D eigenvalue weighted by Crippen LogP contribution is -2.33. The Hall–Kier alpha value is -1.29. The number of hydrogen-bond acceptors (Lipinski definition) is 2. The molecule has 0 atom stereocenters. The molecule has 1 aliphatic heterocycles. The van der Waals surface area contributed by atoms with Gasteiger partial charge in [0.15, 0.2) is 0 Å². The highest BCUT2D eigenvalue weighted by molar-refractivity contribution is 7.11. The van der Waals surface area contributed by atoms with Crippen molar-refractivity contribution in [1.29, 1.82) is 0 Å². The van der Waals surface area contributed by atoms with E-state index in [-0.39, 0.29) is 0 Å². The molecule has 0 spiro atoms. The van der Waals surface area contributed by atoms with Crippen molar-refractivity contribution in [1.82, 2.24) is 4.90 Å². The first-order valence-corrected chi connectivity index (χ1v) is 5.36. The number of rotatable bonds is 1. The molecule has 1 amide bonds. The van der Waals surface area contributed by atoms with Gasteiger partial charge in [-0.1, -0.05) is 12.1 Å². The highest BCUT2D eigenvalue weighted by atomic mass is 32.1. The van der Waals surface area contributed by atoms with Crippen LogP contribution in [0.1, 0.15) is 11.3 Å². The number of amides is 1. The van der Waals surface area contributed by atoms with Crippen LogP contribution in [0, 0.1) is 0 Å². The Labute approximate surface area is 86.3 Å². The predicted octanol–water partition coefficient (Wildman–Crippen LogP) is 2.52. The second-order valence-electron chi connectivity index (χ2n) is 3.19. The fraction of sp³-hybridized carbons (Fsp3) is 0.300. The van der Waals surface area contributed by atoms with Crippen LogP contribution in [0.25, 0.3) is 5.57 Å². The van der Waals surface area contributed by atoms with Gasteiger partial charge >= 0.3 is 6.09 Å². The Morgan fingerprint density at radius 2 is 2.43 bits per heavy atom. The molecule has 0 saturated carbocycles. The molecule has 0 aromatic carbocycles. The van der Waals surface area contributed by atoms with E-state index in [4.69, 9.17) is 5.11 Å². The third kappa shape index (κ3) is 1.80. The van der Waals surface area contributed by atoms with Crippen molar-refractivity contribution in [2.75, 3.05) is 13.1 Å². The lowest BCUT2D eigenvalue weighted by molar-refractivity contribution is 0.150. The van der Waals surface area contributed by atoms with Crippen LogP contribution in [-0.2, 0) is 0 Å². The van der Waals surface area contributed by atoms with E-state index in [1.807, 2.05) is 17.5 Å². The van der Waals surface area contributed by atoms with Gasteiger partial charge in [-0.3, -0.25) is 0 Å². The van der Waals surface area contributed by atoms with Crippen LogP contribution in [0.2, 0.25) is 0 Å². The topological polar surface area (TPSA) is 40.5 Å². The molecule has 14 heavy (non-hydrogen) atoms. The summed E-state index contributed by atoms with van der Waals surface area (Å²) >= 11 is 1.70. The van der Waals surface area contributed by atoms with E-state index in [1.165, 1.54) is 15.4 Å². The summed E-state index contributed by atoms with van der Waals surface area (Å²) in [6.07, 6.45) is 2.00. The zero-order valence-electron chi connectivity index (χ0n) is 7.64. The van der Waals surface area contributed by atoms with Gasteiger partial charge in [0, 0.05) is 18.0 Å². The molecule has 0 unspecified atom stereocenters. The fourth-order valence-corrected chi connectivity index (χ4v) is 2.33. The number of carbonyl (C=O) groups is 1. The molecule has 1 N–H and O–H groups in total. The summed E-state index contributed by atoms with van der Waals surface area (Å²) in [5.41, 5.74) is 1.28. The third-order valence-corrected chi connectivity index (χ3v) is 3.26. The van der Waals surface area contributed by atoms with Gasteiger partial charge in [-0.25, -0.2) is 4.79 Å².